The summed E-state index contributed by atoms with van der Waals surface area (Å²) in [6, 6.07) is 9.94. The Balaban J connectivity index is 2.20. The number of benzene rings is 1. The number of pyridine rings is 1. The molecule has 0 unspecified atom stereocenters. The molecule has 0 atom stereocenters. The molecule has 3 aromatic rings. The lowest BCUT2D eigenvalue weighted by atomic mass is 10.1. The lowest BCUT2D eigenvalue weighted by Gasteiger charge is -2.10. The highest BCUT2D eigenvalue weighted by molar-refractivity contribution is 5.69. The first-order valence-electron chi connectivity index (χ1n) is 7.58. The Labute approximate surface area is 135 Å². The monoisotopic (exact) mass is 311 g/mol. The smallest absolute Gasteiger partial charge is 0.161 e. The van der Waals surface area contributed by atoms with Gasteiger partial charge in [0.05, 0.1) is 25.6 Å². The number of nitrogens with two attached hydrogens (primary N) is 1. The number of aryl methyl sites for hydroxylation is 1. The normalized spacial score (nSPS) is 11.0. The van der Waals surface area contributed by atoms with Gasteiger partial charge in [-0.3, -0.25) is 0 Å². The van der Waals surface area contributed by atoms with Crippen molar-refractivity contribution >= 4 is 5.65 Å². The van der Waals surface area contributed by atoms with Gasteiger partial charge in [-0.2, -0.15) is 0 Å². The van der Waals surface area contributed by atoms with Gasteiger partial charge in [-0.25, -0.2) is 4.98 Å². The summed E-state index contributed by atoms with van der Waals surface area (Å²) in [4.78, 5) is 4.78. The second-order valence-electron chi connectivity index (χ2n) is 5.45. The average molecular weight is 311 g/mol. The Kier molecular flexibility index (Phi) is 4.21. The molecule has 0 fully saturated rings. The van der Waals surface area contributed by atoms with Crippen molar-refractivity contribution < 1.29 is 9.47 Å². The first-order chi connectivity index (χ1) is 11.2. The standard InChI is InChI=1S/C18H21N3O2/c1-12-4-7-17-20-18(14(8-9-19)21(17)11-12)13-5-6-15(22-2)16(10-13)23-3/h4-7,10-11H,8-9,19H2,1-3H3. The largest absolute Gasteiger partial charge is 0.493 e. The van der Waals surface area contributed by atoms with E-state index in [1.54, 1.807) is 14.2 Å². The highest BCUT2D eigenvalue weighted by Gasteiger charge is 2.15. The van der Waals surface area contributed by atoms with Crippen LogP contribution in [0.4, 0.5) is 0 Å². The Morgan fingerprint density at radius 1 is 1.09 bits per heavy atom. The minimum atomic E-state index is 0.571. The van der Waals surface area contributed by atoms with Gasteiger partial charge in [0.25, 0.3) is 0 Å². The molecule has 0 saturated carbocycles. The van der Waals surface area contributed by atoms with Crippen molar-refractivity contribution in [2.75, 3.05) is 20.8 Å². The minimum absolute atomic E-state index is 0.571. The van der Waals surface area contributed by atoms with Crippen LogP contribution in [0.3, 0.4) is 0 Å². The molecule has 2 heterocycles. The summed E-state index contributed by atoms with van der Waals surface area (Å²) in [6.45, 7) is 2.64. The minimum Gasteiger partial charge on any atom is -0.493 e. The molecule has 1 aromatic carbocycles. The number of hydrogen-bond donors (Lipinski definition) is 1. The summed E-state index contributed by atoms with van der Waals surface area (Å²) in [7, 11) is 3.26. The number of hydrogen-bond acceptors (Lipinski definition) is 4. The predicted octanol–water partition coefficient (Wildman–Crippen LogP) is 2.83. The van der Waals surface area contributed by atoms with E-state index in [9.17, 15) is 0 Å². The molecule has 0 spiro atoms. The number of nitrogens with zero attached hydrogens (tertiary/aromatic N) is 2. The summed E-state index contributed by atoms with van der Waals surface area (Å²) in [5.41, 5.74) is 11.0. The van der Waals surface area contributed by atoms with Crippen LogP contribution in [-0.2, 0) is 6.42 Å². The summed E-state index contributed by atoms with van der Waals surface area (Å²) < 4.78 is 12.8. The van der Waals surface area contributed by atoms with Gasteiger partial charge in [0, 0.05) is 18.2 Å². The first kappa shape index (κ1) is 15.4. The highest BCUT2D eigenvalue weighted by Crippen LogP contribution is 2.33. The maximum absolute atomic E-state index is 5.81. The molecule has 2 aromatic heterocycles. The molecule has 0 aliphatic carbocycles. The zero-order valence-electron chi connectivity index (χ0n) is 13.7. The van der Waals surface area contributed by atoms with Gasteiger partial charge in [-0.1, -0.05) is 6.07 Å². The maximum atomic E-state index is 5.81. The fourth-order valence-electron chi connectivity index (χ4n) is 2.79. The van der Waals surface area contributed by atoms with Gasteiger partial charge in [0.15, 0.2) is 11.5 Å². The number of rotatable bonds is 5. The van der Waals surface area contributed by atoms with E-state index < -0.39 is 0 Å². The molecule has 5 heteroatoms. The van der Waals surface area contributed by atoms with Crippen LogP contribution < -0.4 is 15.2 Å². The van der Waals surface area contributed by atoms with Crippen LogP contribution in [0.15, 0.2) is 36.5 Å². The SMILES string of the molecule is COc1ccc(-c2nc3ccc(C)cn3c2CCN)cc1OC. The van der Waals surface area contributed by atoms with E-state index in [1.807, 2.05) is 24.3 Å². The molecule has 23 heavy (non-hydrogen) atoms. The molecule has 0 aliphatic heterocycles. The van der Waals surface area contributed by atoms with E-state index in [-0.39, 0.29) is 0 Å². The molecule has 0 saturated heterocycles. The van der Waals surface area contributed by atoms with Crippen LogP contribution in [0.25, 0.3) is 16.9 Å². The zero-order chi connectivity index (χ0) is 16.4. The van der Waals surface area contributed by atoms with Gasteiger partial charge < -0.3 is 19.6 Å². The van der Waals surface area contributed by atoms with Crippen LogP contribution in [0.1, 0.15) is 11.3 Å². The van der Waals surface area contributed by atoms with Gasteiger partial charge in [0.1, 0.15) is 5.65 Å². The van der Waals surface area contributed by atoms with Crippen molar-refractivity contribution in [1.82, 2.24) is 9.38 Å². The van der Waals surface area contributed by atoms with Crippen LogP contribution in [-0.4, -0.2) is 30.1 Å². The molecule has 3 rings (SSSR count). The van der Waals surface area contributed by atoms with Crippen molar-refractivity contribution in [3.63, 3.8) is 0 Å². The number of aromatic nitrogens is 2. The molecular weight excluding hydrogens is 290 g/mol. The molecule has 2 N–H and O–H groups in total. The fourth-order valence-corrected chi connectivity index (χ4v) is 2.79. The Bertz CT molecular complexity index is 840. The van der Waals surface area contributed by atoms with Crippen LogP contribution in [0.5, 0.6) is 11.5 Å². The van der Waals surface area contributed by atoms with E-state index in [2.05, 4.69) is 23.6 Å². The Morgan fingerprint density at radius 2 is 1.87 bits per heavy atom. The second-order valence-corrected chi connectivity index (χ2v) is 5.45. The molecule has 5 nitrogen and oxygen atoms in total. The van der Waals surface area contributed by atoms with E-state index in [4.69, 9.17) is 20.2 Å². The van der Waals surface area contributed by atoms with E-state index >= 15 is 0 Å². The van der Waals surface area contributed by atoms with Crippen molar-refractivity contribution in [3.05, 3.63) is 47.8 Å². The summed E-state index contributed by atoms with van der Waals surface area (Å²) in [6.07, 6.45) is 2.85. The molecule has 120 valence electrons. The second kappa shape index (κ2) is 6.30. The lowest BCUT2D eigenvalue weighted by molar-refractivity contribution is 0.355. The van der Waals surface area contributed by atoms with Gasteiger partial charge >= 0.3 is 0 Å². The highest BCUT2D eigenvalue weighted by atomic mass is 16.5. The third kappa shape index (κ3) is 2.75. The van der Waals surface area contributed by atoms with Crippen molar-refractivity contribution in [2.24, 2.45) is 5.73 Å². The zero-order valence-corrected chi connectivity index (χ0v) is 13.7. The molecule has 0 radical (unpaired) electrons. The van der Waals surface area contributed by atoms with Crippen LogP contribution >= 0.6 is 0 Å². The van der Waals surface area contributed by atoms with E-state index in [0.717, 1.165) is 29.0 Å². The van der Waals surface area contributed by atoms with Crippen molar-refractivity contribution in [1.29, 1.82) is 0 Å². The lowest BCUT2D eigenvalue weighted by Crippen LogP contribution is -2.06. The number of fused-ring (bicyclic) bond motifs is 1. The van der Waals surface area contributed by atoms with Crippen molar-refractivity contribution in [3.8, 4) is 22.8 Å². The van der Waals surface area contributed by atoms with Crippen molar-refractivity contribution in [2.45, 2.75) is 13.3 Å². The van der Waals surface area contributed by atoms with E-state index in [1.165, 1.54) is 5.56 Å². The predicted molar refractivity (Wildman–Crippen MR) is 91.2 cm³/mol. The molecule has 0 aliphatic rings. The van der Waals surface area contributed by atoms with Gasteiger partial charge in [0.2, 0.25) is 0 Å². The average Bonchev–Trinajstić information content (AvgIpc) is 2.92. The third-order valence-corrected chi connectivity index (χ3v) is 3.90. The number of ether oxygens (including phenoxy) is 2. The maximum Gasteiger partial charge on any atom is 0.161 e. The molecule has 0 bridgehead atoms. The van der Waals surface area contributed by atoms with Gasteiger partial charge in [-0.05, 0) is 43.3 Å². The number of imidazole rings is 1. The van der Waals surface area contributed by atoms with E-state index in [0.29, 0.717) is 18.0 Å². The summed E-state index contributed by atoms with van der Waals surface area (Å²) in [5, 5.41) is 0. The van der Waals surface area contributed by atoms with Crippen LogP contribution in [0.2, 0.25) is 0 Å². The Morgan fingerprint density at radius 3 is 2.57 bits per heavy atom. The number of methoxy groups -OCH3 is 2. The third-order valence-electron chi connectivity index (χ3n) is 3.90. The summed E-state index contributed by atoms with van der Waals surface area (Å²) in [5.74, 6) is 1.40. The van der Waals surface area contributed by atoms with Gasteiger partial charge in [-0.15, -0.1) is 0 Å². The molecule has 0 amide bonds. The first-order valence-corrected chi connectivity index (χ1v) is 7.58. The summed E-state index contributed by atoms with van der Waals surface area (Å²) >= 11 is 0. The molecular formula is C18H21N3O2. The topological polar surface area (TPSA) is 61.8 Å². The van der Waals surface area contributed by atoms with Crippen LogP contribution in [0, 0.1) is 6.92 Å². The fraction of sp³-hybridized carbons (Fsp3) is 0.278. The quantitative estimate of drug-likeness (QED) is 0.787. The Hall–Kier alpha value is -2.53.